The molecule has 4 N–H and O–H groups in total. The zero-order chi connectivity index (χ0) is 18.1. The Balaban J connectivity index is 1.69. The number of carbonyl (C=O) groups is 1. The lowest BCUT2D eigenvalue weighted by Crippen LogP contribution is -2.59. The molecule has 1 fully saturated rings. The van der Waals surface area contributed by atoms with Gasteiger partial charge in [0.15, 0.2) is 6.29 Å². The fourth-order valence-electron chi connectivity index (χ4n) is 3.44. The summed E-state index contributed by atoms with van der Waals surface area (Å²) in [6.45, 7) is 1.95. The number of hydrogen-bond acceptors (Lipinski definition) is 9. The molecule has 3 heterocycles. The Bertz CT molecular complexity index is 532. The zero-order valence-corrected chi connectivity index (χ0v) is 13.9. The molecule has 0 radical (unpaired) electrons. The first kappa shape index (κ1) is 18.7. The molecule has 0 unspecified atom stereocenters. The number of aliphatic hydroxyl groups excluding tert-OH is 4. The predicted molar refractivity (Wildman–Crippen MR) is 81.2 cm³/mol. The lowest BCUT2D eigenvalue weighted by Gasteiger charge is -2.41. The van der Waals surface area contributed by atoms with E-state index >= 15 is 0 Å². The number of rotatable bonds is 4. The largest absolute Gasteiger partial charge is 0.462 e. The molecule has 0 bridgehead atoms. The van der Waals surface area contributed by atoms with Crippen LogP contribution in [0, 0.1) is 5.92 Å². The highest BCUT2D eigenvalue weighted by atomic mass is 16.7. The Labute approximate surface area is 144 Å². The first-order chi connectivity index (χ1) is 11.9. The van der Waals surface area contributed by atoms with E-state index in [1.54, 1.807) is 0 Å². The van der Waals surface area contributed by atoms with E-state index in [9.17, 15) is 25.2 Å². The van der Waals surface area contributed by atoms with Gasteiger partial charge >= 0.3 is 5.97 Å². The van der Waals surface area contributed by atoms with E-state index in [2.05, 4.69) is 0 Å². The molecule has 9 heteroatoms. The summed E-state index contributed by atoms with van der Waals surface area (Å²) in [5, 5.41) is 38.8. The first-order valence-electron chi connectivity index (χ1n) is 8.36. The zero-order valence-electron chi connectivity index (χ0n) is 13.9. The molecule has 0 saturated carbocycles. The van der Waals surface area contributed by atoms with E-state index < -0.39 is 37.3 Å². The van der Waals surface area contributed by atoms with Crippen LogP contribution >= 0.6 is 0 Å². The first-order valence-corrected chi connectivity index (χ1v) is 8.36. The topological polar surface area (TPSA) is 135 Å². The summed E-state index contributed by atoms with van der Waals surface area (Å²) in [5.41, 5.74) is 1.42. The van der Waals surface area contributed by atoms with Gasteiger partial charge in [0.25, 0.3) is 0 Å². The summed E-state index contributed by atoms with van der Waals surface area (Å²) in [5.74, 6) is -0.602. The van der Waals surface area contributed by atoms with Gasteiger partial charge in [0.05, 0.1) is 38.1 Å². The molecular formula is C16H24O9. The van der Waals surface area contributed by atoms with Crippen LogP contribution in [0.1, 0.15) is 13.3 Å². The molecular weight excluding hydrogens is 336 g/mol. The van der Waals surface area contributed by atoms with Crippen LogP contribution in [-0.2, 0) is 23.7 Å². The van der Waals surface area contributed by atoms with Crippen molar-refractivity contribution < 1.29 is 44.2 Å². The van der Waals surface area contributed by atoms with Gasteiger partial charge in [-0.05, 0) is 12.5 Å². The highest BCUT2D eigenvalue weighted by Gasteiger charge is 2.45. The van der Waals surface area contributed by atoms with Crippen LogP contribution in [0.15, 0.2) is 11.1 Å². The average Bonchev–Trinajstić information content (AvgIpc) is 2.60. The van der Waals surface area contributed by atoms with Crippen molar-refractivity contribution in [3.05, 3.63) is 11.1 Å². The van der Waals surface area contributed by atoms with E-state index in [4.69, 9.17) is 18.9 Å². The molecule has 0 aromatic heterocycles. The van der Waals surface area contributed by atoms with E-state index in [1.165, 1.54) is 0 Å². The van der Waals surface area contributed by atoms with E-state index in [1.807, 2.05) is 6.92 Å². The maximum atomic E-state index is 11.8. The minimum Gasteiger partial charge on any atom is -0.462 e. The second-order valence-corrected chi connectivity index (χ2v) is 6.54. The molecule has 3 aliphatic heterocycles. The van der Waals surface area contributed by atoms with Gasteiger partial charge in [-0.25, -0.2) is 4.79 Å². The van der Waals surface area contributed by atoms with Crippen molar-refractivity contribution in [1.82, 2.24) is 0 Å². The molecule has 3 rings (SSSR count). The SMILES string of the molecule is C[C@@H]1OCC2=C(CCOC2=O)[C@H]1CO[C@H]1O[C@H](CO)[C@@H](O)[C@H](O)[C@H]1O. The summed E-state index contributed by atoms with van der Waals surface area (Å²) < 4.78 is 21.6. The highest BCUT2D eigenvalue weighted by molar-refractivity contribution is 5.90. The second kappa shape index (κ2) is 7.67. The molecule has 1 saturated heterocycles. The molecule has 9 nitrogen and oxygen atoms in total. The Hall–Kier alpha value is -1.07. The van der Waals surface area contributed by atoms with Crippen molar-refractivity contribution in [2.24, 2.45) is 5.92 Å². The maximum absolute atomic E-state index is 11.8. The molecule has 0 amide bonds. The second-order valence-electron chi connectivity index (χ2n) is 6.54. The summed E-state index contributed by atoms with van der Waals surface area (Å²) in [4.78, 5) is 11.8. The normalized spacial score (nSPS) is 42.1. The van der Waals surface area contributed by atoms with Gasteiger partial charge in [0.2, 0.25) is 0 Å². The van der Waals surface area contributed by atoms with E-state index in [0.717, 1.165) is 5.57 Å². The average molecular weight is 360 g/mol. The smallest absolute Gasteiger partial charge is 0.336 e. The van der Waals surface area contributed by atoms with E-state index in [0.29, 0.717) is 18.6 Å². The lowest BCUT2D eigenvalue weighted by molar-refractivity contribution is -0.304. The summed E-state index contributed by atoms with van der Waals surface area (Å²) in [6.07, 6.45) is -6.21. The number of aliphatic hydroxyl groups is 4. The van der Waals surface area contributed by atoms with Crippen LogP contribution in [0.5, 0.6) is 0 Å². The summed E-state index contributed by atoms with van der Waals surface area (Å²) in [7, 11) is 0. The highest BCUT2D eigenvalue weighted by Crippen LogP contribution is 2.33. The van der Waals surface area contributed by atoms with Crippen molar-refractivity contribution in [3.63, 3.8) is 0 Å². The lowest BCUT2D eigenvalue weighted by atomic mass is 9.85. The summed E-state index contributed by atoms with van der Waals surface area (Å²) in [6, 6.07) is 0. The van der Waals surface area contributed by atoms with Crippen LogP contribution < -0.4 is 0 Å². The number of esters is 1. The van der Waals surface area contributed by atoms with Gasteiger partial charge in [0.1, 0.15) is 24.4 Å². The van der Waals surface area contributed by atoms with Crippen molar-refractivity contribution in [3.8, 4) is 0 Å². The molecule has 3 aliphatic rings. The third-order valence-electron chi connectivity index (χ3n) is 5.03. The van der Waals surface area contributed by atoms with Gasteiger partial charge in [-0.1, -0.05) is 0 Å². The number of carbonyl (C=O) groups excluding carboxylic acids is 1. The van der Waals surface area contributed by atoms with Crippen LogP contribution in [0.2, 0.25) is 0 Å². The standard InChI is InChI=1S/C16H24O9/c1-7-9(8-2-3-22-15(21)10(8)6-23-7)5-24-16-14(20)13(19)12(18)11(4-17)25-16/h7,9,11-14,16-20H,2-6H2,1H3/t7-,9-,11+,12+,13-,14+,16-/m0/s1. The monoisotopic (exact) mass is 360 g/mol. The predicted octanol–water partition coefficient (Wildman–Crippen LogP) is -1.92. The number of ether oxygens (including phenoxy) is 4. The summed E-state index contributed by atoms with van der Waals surface area (Å²) >= 11 is 0. The third kappa shape index (κ3) is 3.59. The van der Waals surface area contributed by atoms with Gasteiger partial charge in [-0.3, -0.25) is 0 Å². The molecule has 142 valence electrons. The molecule has 7 atom stereocenters. The maximum Gasteiger partial charge on any atom is 0.336 e. The van der Waals surface area contributed by atoms with Gasteiger partial charge in [-0.2, -0.15) is 0 Å². The Kier molecular flexibility index (Phi) is 5.74. The van der Waals surface area contributed by atoms with E-state index in [-0.39, 0.29) is 31.2 Å². The minimum atomic E-state index is -1.49. The third-order valence-corrected chi connectivity index (χ3v) is 5.03. The number of cyclic esters (lactones) is 1. The van der Waals surface area contributed by atoms with Crippen LogP contribution in [-0.4, -0.2) is 89.6 Å². The fraction of sp³-hybridized carbons (Fsp3) is 0.812. The van der Waals surface area contributed by atoms with Crippen molar-refractivity contribution in [1.29, 1.82) is 0 Å². The number of hydrogen-bond donors (Lipinski definition) is 4. The Morgan fingerprint density at radius 2 is 1.96 bits per heavy atom. The Morgan fingerprint density at radius 3 is 2.68 bits per heavy atom. The van der Waals surface area contributed by atoms with Crippen LogP contribution in [0.25, 0.3) is 0 Å². The van der Waals surface area contributed by atoms with Crippen molar-refractivity contribution in [2.75, 3.05) is 26.4 Å². The molecule has 0 aliphatic carbocycles. The van der Waals surface area contributed by atoms with Gasteiger partial charge < -0.3 is 39.4 Å². The van der Waals surface area contributed by atoms with Crippen LogP contribution in [0.3, 0.4) is 0 Å². The van der Waals surface area contributed by atoms with Crippen molar-refractivity contribution >= 4 is 5.97 Å². The molecule has 0 spiro atoms. The molecule has 0 aromatic carbocycles. The quantitative estimate of drug-likeness (QED) is 0.423. The Morgan fingerprint density at radius 1 is 1.20 bits per heavy atom. The molecule has 25 heavy (non-hydrogen) atoms. The van der Waals surface area contributed by atoms with Crippen molar-refractivity contribution in [2.45, 2.75) is 50.2 Å². The minimum absolute atomic E-state index is 0.0932. The molecule has 0 aromatic rings. The van der Waals surface area contributed by atoms with Gasteiger partial charge in [-0.15, -0.1) is 0 Å². The fourth-order valence-corrected chi connectivity index (χ4v) is 3.44. The van der Waals surface area contributed by atoms with Crippen LogP contribution in [0.4, 0.5) is 0 Å². The van der Waals surface area contributed by atoms with Gasteiger partial charge in [0, 0.05) is 12.3 Å².